The van der Waals surface area contributed by atoms with Crippen molar-refractivity contribution < 1.29 is 14.5 Å². The van der Waals surface area contributed by atoms with E-state index < -0.39 is 4.92 Å². The molecule has 1 aliphatic carbocycles. The third kappa shape index (κ3) is 5.95. The molecule has 5 nitrogen and oxygen atoms in total. The maximum atomic E-state index is 12.2. The first-order valence-corrected chi connectivity index (χ1v) is 9.03. The Morgan fingerprint density at radius 1 is 1.25 bits per heavy atom. The van der Waals surface area contributed by atoms with Gasteiger partial charge in [0.05, 0.1) is 4.92 Å². The first kappa shape index (κ1) is 18.4. The minimum absolute atomic E-state index is 0.00374. The van der Waals surface area contributed by atoms with E-state index in [0.29, 0.717) is 18.1 Å². The van der Waals surface area contributed by atoms with Crippen molar-refractivity contribution in [2.75, 3.05) is 0 Å². The summed E-state index contributed by atoms with van der Waals surface area (Å²) < 4.78 is 5.35. The molecule has 1 atom stereocenters. The van der Waals surface area contributed by atoms with Gasteiger partial charge in [-0.1, -0.05) is 51.9 Å². The standard InChI is InChI=1S/C19H27NO4/c1-2-6-16(13-15-7-4-3-5-8-15)14-19(21)24-18-11-9-17(10-12-18)20(22)23/h9-12,15-16H,2-8,13-14H2,1H3/t16-/m1/s1. The van der Waals surface area contributed by atoms with Gasteiger partial charge in [0.25, 0.3) is 5.69 Å². The number of nitro benzene ring substituents is 1. The van der Waals surface area contributed by atoms with Crippen LogP contribution in [-0.2, 0) is 4.79 Å². The number of hydrogen-bond donors (Lipinski definition) is 0. The van der Waals surface area contributed by atoms with Crippen molar-refractivity contribution in [1.29, 1.82) is 0 Å². The molecular formula is C19H27NO4. The van der Waals surface area contributed by atoms with E-state index in [1.807, 2.05) is 0 Å². The van der Waals surface area contributed by atoms with Gasteiger partial charge in [-0.3, -0.25) is 14.9 Å². The number of carbonyl (C=O) groups is 1. The summed E-state index contributed by atoms with van der Waals surface area (Å²) in [6.07, 6.45) is 10.2. The number of nitro groups is 1. The van der Waals surface area contributed by atoms with Crippen LogP contribution in [0.3, 0.4) is 0 Å². The van der Waals surface area contributed by atoms with Crippen LogP contribution in [0.2, 0.25) is 0 Å². The van der Waals surface area contributed by atoms with Crippen molar-refractivity contribution in [2.45, 2.75) is 64.7 Å². The van der Waals surface area contributed by atoms with Crippen LogP contribution in [0.1, 0.15) is 64.7 Å². The second-order valence-electron chi connectivity index (χ2n) is 6.82. The van der Waals surface area contributed by atoms with Gasteiger partial charge >= 0.3 is 5.97 Å². The van der Waals surface area contributed by atoms with E-state index in [9.17, 15) is 14.9 Å². The lowest BCUT2D eigenvalue weighted by atomic mass is 9.80. The molecule has 1 aliphatic rings. The highest BCUT2D eigenvalue weighted by molar-refractivity contribution is 5.72. The summed E-state index contributed by atoms with van der Waals surface area (Å²) in [5.41, 5.74) is -0.00374. The molecule has 1 aromatic carbocycles. The van der Waals surface area contributed by atoms with Gasteiger partial charge in [0, 0.05) is 18.6 Å². The second kappa shape index (κ2) is 9.40. The van der Waals surface area contributed by atoms with Crippen LogP contribution < -0.4 is 4.74 Å². The molecule has 24 heavy (non-hydrogen) atoms. The summed E-state index contributed by atoms with van der Waals surface area (Å²) in [5, 5.41) is 10.6. The summed E-state index contributed by atoms with van der Waals surface area (Å²) in [6.45, 7) is 2.15. The molecule has 0 bridgehead atoms. The predicted octanol–water partition coefficient (Wildman–Crippen LogP) is 5.28. The van der Waals surface area contributed by atoms with Crippen LogP contribution in [0.4, 0.5) is 5.69 Å². The van der Waals surface area contributed by atoms with Crippen molar-refractivity contribution in [3.8, 4) is 5.75 Å². The van der Waals surface area contributed by atoms with E-state index in [0.717, 1.165) is 25.2 Å². The van der Waals surface area contributed by atoms with Crippen molar-refractivity contribution in [3.05, 3.63) is 34.4 Å². The largest absolute Gasteiger partial charge is 0.427 e. The molecule has 132 valence electrons. The van der Waals surface area contributed by atoms with Crippen LogP contribution in [0.15, 0.2) is 24.3 Å². The number of carbonyl (C=O) groups excluding carboxylic acids is 1. The second-order valence-corrected chi connectivity index (χ2v) is 6.82. The van der Waals surface area contributed by atoms with E-state index in [4.69, 9.17) is 4.74 Å². The van der Waals surface area contributed by atoms with Gasteiger partial charge in [-0.25, -0.2) is 0 Å². The van der Waals surface area contributed by atoms with E-state index in [-0.39, 0.29) is 11.7 Å². The Kier molecular flexibility index (Phi) is 7.22. The normalized spacial score (nSPS) is 16.5. The Labute approximate surface area is 143 Å². The Morgan fingerprint density at radius 3 is 2.50 bits per heavy atom. The number of benzene rings is 1. The zero-order chi connectivity index (χ0) is 17.4. The quantitative estimate of drug-likeness (QED) is 0.281. The minimum Gasteiger partial charge on any atom is -0.427 e. The van der Waals surface area contributed by atoms with E-state index >= 15 is 0 Å². The molecule has 0 amide bonds. The van der Waals surface area contributed by atoms with Crippen molar-refractivity contribution in [3.63, 3.8) is 0 Å². The van der Waals surface area contributed by atoms with Crippen molar-refractivity contribution in [2.24, 2.45) is 11.8 Å². The summed E-state index contributed by atoms with van der Waals surface area (Å²) in [5.74, 6) is 1.27. The molecular weight excluding hydrogens is 306 g/mol. The lowest BCUT2D eigenvalue weighted by Crippen LogP contribution is -2.18. The summed E-state index contributed by atoms with van der Waals surface area (Å²) >= 11 is 0. The maximum Gasteiger partial charge on any atom is 0.311 e. The number of hydrogen-bond acceptors (Lipinski definition) is 4. The summed E-state index contributed by atoms with van der Waals surface area (Å²) in [4.78, 5) is 22.4. The van der Waals surface area contributed by atoms with Gasteiger partial charge in [-0.05, 0) is 30.4 Å². The average Bonchev–Trinajstić information content (AvgIpc) is 2.56. The Morgan fingerprint density at radius 2 is 1.92 bits per heavy atom. The fraction of sp³-hybridized carbons (Fsp3) is 0.632. The van der Waals surface area contributed by atoms with E-state index in [1.165, 1.54) is 56.4 Å². The fourth-order valence-corrected chi connectivity index (χ4v) is 3.65. The van der Waals surface area contributed by atoms with Crippen LogP contribution in [-0.4, -0.2) is 10.9 Å². The smallest absolute Gasteiger partial charge is 0.311 e. The molecule has 0 spiro atoms. The number of rotatable bonds is 8. The zero-order valence-electron chi connectivity index (χ0n) is 14.4. The first-order chi connectivity index (χ1) is 11.6. The average molecular weight is 333 g/mol. The van der Waals surface area contributed by atoms with Crippen LogP contribution in [0.5, 0.6) is 5.75 Å². The third-order valence-electron chi connectivity index (χ3n) is 4.82. The molecule has 0 radical (unpaired) electrons. The molecule has 0 aromatic heterocycles. The SMILES string of the molecule is CCC[C@@H](CC(=O)Oc1ccc([N+](=O)[O-])cc1)CC1CCCCC1. The number of ether oxygens (including phenoxy) is 1. The molecule has 0 unspecified atom stereocenters. The van der Waals surface area contributed by atoms with Crippen LogP contribution in [0, 0.1) is 22.0 Å². The van der Waals surface area contributed by atoms with Gasteiger partial charge in [0.15, 0.2) is 0 Å². The fourth-order valence-electron chi connectivity index (χ4n) is 3.65. The number of non-ortho nitro benzene ring substituents is 1. The van der Waals surface area contributed by atoms with E-state index in [2.05, 4.69) is 6.92 Å². The Hall–Kier alpha value is -1.91. The topological polar surface area (TPSA) is 69.4 Å². The minimum atomic E-state index is -0.465. The summed E-state index contributed by atoms with van der Waals surface area (Å²) in [7, 11) is 0. The molecule has 1 saturated carbocycles. The Balaban J connectivity index is 1.85. The zero-order valence-corrected chi connectivity index (χ0v) is 14.4. The van der Waals surface area contributed by atoms with Gasteiger partial charge in [-0.15, -0.1) is 0 Å². The van der Waals surface area contributed by atoms with Gasteiger partial charge in [0.1, 0.15) is 5.75 Å². The lowest BCUT2D eigenvalue weighted by Gasteiger charge is -2.26. The molecule has 5 heteroatoms. The molecule has 1 fully saturated rings. The van der Waals surface area contributed by atoms with Crippen LogP contribution in [0.25, 0.3) is 0 Å². The number of esters is 1. The predicted molar refractivity (Wildman–Crippen MR) is 92.9 cm³/mol. The lowest BCUT2D eigenvalue weighted by molar-refractivity contribution is -0.384. The maximum absolute atomic E-state index is 12.2. The highest BCUT2D eigenvalue weighted by atomic mass is 16.6. The molecule has 2 rings (SSSR count). The van der Waals surface area contributed by atoms with Gasteiger partial charge in [0.2, 0.25) is 0 Å². The third-order valence-corrected chi connectivity index (χ3v) is 4.82. The molecule has 0 heterocycles. The van der Waals surface area contributed by atoms with E-state index in [1.54, 1.807) is 0 Å². The summed E-state index contributed by atoms with van der Waals surface area (Å²) in [6, 6.07) is 5.67. The molecule has 0 aliphatic heterocycles. The highest BCUT2D eigenvalue weighted by Crippen LogP contribution is 2.32. The van der Waals surface area contributed by atoms with Gasteiger partial charge in [-0.2, -0.15) is 0 Å². The molecule has 0 N–H and O–H groups in total. The molecule has 0 saturated heterocycles. The monoisotopic (exact) mass is 333 g/mol. The number of nitrogens with zero attached hydrogens (tertiary/aromatic N) is 1. The first-order valence-electron chi connectivity index (χ1n) is 9.03. The molecule has 1 aromatic rings. The van der Waals surface area contributed by atoms with Crippen molar-refractivity contribution in [1.82, 2.24) is 0 Å². The van der Waals surface area contributed by atoms with Gasteiger partial charge < -0.3 is 4.74 Å². The Bertz CT molecular complexity index is 535. The highest BCUT2D eigenvalue weighted by Gasteiger charge is 2.21. The van der Waals surface area contributed by atoms with Crippen LogP contribution >= 0.6 is 0 Å². The van der Waals surface area contributed by atoms with Crippen molar-refractivity contribution >= 4 is 11.7 Å².